The Hall–Kier alpha value is -1.63. The Labute approximate surface area is 138 Å². The number of nitrogens with one attached hydrogen (secondary N) is 2. The Morgan fingerprint density at radius 3 is 2.74 bits per heavy atom. The number of aromatic nitrogens is 2. The zero-order valence-corrected chi connectivity index (χ0v) is 14.5. The van der Waals surface area contributed by atoms with Crippen molar-refractivity contribution in [3.63, 3.8) is 0 Å². The van der Waals surface area contributed by atoms with E-state index in [0.717, 1.165) is 25.5 Å². The first-order valence-electron chi connectivity index (χ1n) is 8.40. The normalized spacial score (nSPS) is 17.4. The van der Waals surface area contributed by atoms with Gasteiger partial charge in [0, 0.05) is 40.3 Å². The van der Waals surface area contributed by atoms with Crippen LogP contribution in [0.2, 0.25) is 0 Å². The number of nitrogens with zero attached hydrogens (tertiary/aromatic N) is 3. The third kappa shape index (κ3) is 5.49. The summed E-state index contributed by atoms with van der Waals surface area (Å²) >= 11 is 0. The maximum Gasteiger partial charge on any atom is 0.228 e. The van der Waals surface area contributed by atoms with Gasteiger partial charge < -0.3 is 19.9 Å². The summed E-state index contributed by atoms with van der Waals surface area (Å²) in [6, 6.07) is 0. The molecule has 130 valence electrons. The molecule has 0 saturated heterocycles. The molecule has 1 aromatic rings. The van der Waals surface area contributed by atoms with E-state index in [1.807, 2.05) is 6.92 Å². The predicted octanol–water partition coefficient (Wildman–Crippen LogP) is 1.68. The van der Waals surface area contributed by atoms with Gasteiger partial charge in [0.25, 0.3) is 0 Å². The summed E-state index contributed by atoms with van der Waals surface area (Å²) in [5.41, 5.74) is 0.344. The van der Waals surface area contributed by atoms with E-state index in [1.54, 1.807) is 14.2 Å². The summed E-state index contributed by atoms with van der Waals surface area (Å²) in [6.45, 7) is 4.30. The Morgan fingerprint density at radius 1 is 1.35 bits per heavy atom. The molecule has 1 saturated carbocycles. The van der Waals surface area contributed by atoms with Gasteiger partial charge in [-0.05, 0) is 31.6 Å². The van der Waals surface area contributed by atoms with Crippen LogP contribution in [0, 0.1) is 12.3 Å². The quantitative estimate of drug-likeness (QED) is 0.559. The van der Waals surface area contributed by atoms with Gasteiger partial charge in [0.15, 0.2) is 11.8 Å². The zero-order chi connectivity index (χ0) is 16.5. The largest absolute Gasteiger partial charge is 0.385 e. The van der Waals surface area contributed by atoms with Crippen molar-refractivity contribution in [2.45, 2.75) is 45.4 Å². The average molecular weight is 323 g/mol. The van der Waals surface area contributed by atoms with Crippen LogP contribution in [0.5, 0.6) is 0 Å². The van der Waals surface area contributed by atoms with Gasteiger partial charge in [-0.25, -0.2) is 0 Å². The fourth-order valence-corrected chi connectivity index (χ4v) is 3.18. The molecule has 1 aliphatic carbocycles. The molecule has 0 aromatic carbocycles. The number of aliphatic imine (C=N–C) groups is 1. The Morgan fingerprint density at radius 2 is 2.13 bits per heavy atom. The van der Waals surface area contributed by atoms with Crippen molar-refractivity contribution in [3.05, 3.63) is 11.7 Å². The molecule has 0 amide bonds. The summed E-state index contributed by atoms with van der Waals surface area (Å²) in [7, 11) is 3.57. The fourth-order valence-electron chi connectivity index (χ4n) is 3.18. The number of methoxy groups -OCH3 is 1. The number of guanidine groups is 1. The number of rotatable bonds is 8. The van der Waals surface area contributed by atoms with E-state index in [-0.39, 0.29) is 0 Å². The minimum absolute atomic E-state index is 0.344. The molecule has 0 bridgehead atoms. The van der Waals surface area contributed by atoms with Gasteiger partial charge in [-0.2, -0.15) is 4.98 Å². The molecule has 7 nitrogen and oxygen atoms in total. The Balaban J connectivity index is 1.75. The van der Waals surface area contributed by atoms with E-state index in [1.165, 1.54) is 25.7 Å². The molecule has 1 aliphatic rings. The summed E-state index contributed by atoms with van der Waals surface area (Å²) in [5, 5.41) is 10.6. The lowest BCUT2D eigenvalue weighted by Gasteiger charge is -2.29. The molecule has 1 aromatic heterocycles. The number of hydrogen-bond acceptors (Lipinski definition) is 5. The van der Waals surface area contributed by atoms with Crippen LogP contribution in [0.4, 0.5) is 0 Å². The van der Waals surface area contributed by atoms with E-state index in [2.05, 4.69) is 25.8 Å². The molecule has 0 radical (unpaired) electrons. The molecular formula is C16H29N5O2. The van der Waals surface area contributed by atoms with E-state index in [0.29, 0.717) is 30.1 Å². The number of ether oxygens (including phenoxy) is 1. The van der Waals surface area contributed by atoms with Gasteiger partial charge in [-0.1, -0.05) is 18.0 Å². The van der Waals surface area contributed by atoms with Crippen LogP contribution >= 0.6 is 0 Å². The van der Waals surface area contributed by atoms with E-state index in [4.69, 9.17) is 9.26 Å². The standard InChI is InChI=1S/C16H29N5O2/c1-13-20-14(23-21-13)6-10-18-15(17-2)19-12-16(9-11-22-3)7-4-5-8-16/h4-12H2,1-3H3,(H2,17,18,19). The average Bonchev–Trinajstić information content (AvgIpc) is 3.18. The van der Waals surface area contributed by atoms with Crippen molar-refractivity contribution in [3.8, 4) is 0 Å². The molecule has 1 heterocycles. The minimum Gasteiger partial charge on any atom is -0.385 e. The Bertz CT molecular complexity index is 494. The first-order valence-corrected chi connectivity index (χ1v) is 8.40. The van der Waals surface area contributed by atoms with E-state index in [9.17, 15) is 0 Å². The van der Waals surface area contributed by atoms with Crippen LogP contribution in [0.3, 0.4) is 0 Å². The van der Waals surface area contributed by atoms with Gasteiger partial charge in [0.2, 0.25) is 5.89 Å². The summed E-state index contributed by atoms with van der Waals surface area (Å²) in [6.07, 6.45) is 6.95. The highest BCUT2D eigenvalue weighted by Crippen LogP contribution is 2.40. The van der Waals surface area contributed by atoms with Crippen molar-refractivity contribution >= 4 is 5.96 Å². The molecule has 2 N–H and O–H groups in total. The van der Waals surface area contributed by atoms with Crippen LogP contribution in [-0.2, 0) is 11.2 Å². The molecule has 1 fully saturated rings. The molecule has 0 aliphatic heterocycles. The lowest BCUT2D eigenvalue weighted by Crippen LogP contribution is -2.43. The summed E-state index contributed by atoms with van der Waals surface area (Å²) < 4.78 is 10.4. The van der Waals surface area contributed by atoms with Crippen LogP contribution in [-0.4, -0.2) is 50.0 Å². The molecule has 7 heteroatoms. The molecule has 0 spiro atoms. The van der Waals surface area contributed by atoms with Gasteiger partial charge in [0.1, 0.15) is 0 Å². The molecule has 0 atom stereocenters. The first-order chi connectivity index (χ1) is 11.2. The maximum atomic E-state index is 5.28. The van der Waals surface area contributed by atoms with Crippen LogP contribution in [0.25, 0.3) is 0 Å². The second-order valence-electron chi connectivity index (χ2n) is 6.29. The third-order valence-corrected chi connectivity index (χ3v) is 4.56. The second-order valence-corrected chi connectivity index (χ2v) is 6.29. The van der Waals surface area contributed by atoms with Crippen LogP contribution < -0.4 is 10.6 Å². The van der Waals surface area contributed by atoms with Gasteiger partial charge in [-0.3, -0.25) is 4.99 Å². The van der Waals surface area contributed by atoms with Crippen molar-refractivity contribution in [2.24, 2.45) is 10.4 Å². The number of aryl methyl sites for hydroxylation is 1. The fraction of sp³-hybridized carbons (Fsp3) is 0.812. The highest BCUT2D eigenvalue weighted by atomic mass is 16.5. The van der Waals surface area contributed by atoms with Crippen molar-refractivity contribution in [1.82, 2.24) is 20.8 Å². The molecular weight excluding hydrogens is 294 g/mol. The summed E-state index contributed by atoms with van der Waals surface area (Å²) in [4.78, 5) is 8.49. The highest BCUT2D eigenvalue weighted by molar-refractivity contribution is 5.79. The lowest BCUT2D eigenvalue weighted by atomic mass is 9.83. The topological polar surface area (TPSA) is 84.6 Å². The summed E-state index contributed by atoms with van der Waals surface area (Å²) in [5.74, 6) is 2.14. The van der Waals surface area contributed by atoms with Crippen LogP contribution in [0.15, 0.2) is 9.52 Å². The third-order valence-electron chi connectivity index (χ3n) is 4.56. The molecule has 2 rings (SSSR count). The molecule has 23 heavy (non-hydrogen) atoms. The minimum atomic E-state index is 0.344. The van der Waals surface area contributed by atoms with Crippen molar-refractivity contribution < 1.29 is 9.26 Å². The van der Waals surface area contributed by atoms with Gasteiger partial charge in [0.05, 0.1) is 0 Å². The predicted molar refractivity (Wildman–Crippen MR) is 89.5 cm³/mol. The van der Waals surface area contributed by atoms with Crippen molar-refractivity contribution in [1.29, 1.82) is 0 Å². The van der Waals surface area contributed by atoms with Crippen LogP contribution in [0.1, 0.15) is 43.8 Å². The highest BCUT2D eigenvalue weighted by Gasteiger charge is 2.33. The van der Waals surface area contributed by atoms with E-state index < -0.39 is 0 Å². The number of hydrogen-bond donors (Lipinski definition) is 2. The SMILES string of the molecule is CN=C(NCCc1nc(C)no1)NCC1(CCOC)CCCC1. The monoisotopic (exact) mass is 323 g/mol. The second kappa shape index (κ2) is 8.86. The zero-order valence-electron chi connectivity index (χ0n) is 14.5. The van der Waals surface area contributed by atoms with Gasteiger partial charge >= 0.3 is 0 Å². The van der Waals surface area contributed by atoms with Gasteiger partial charge in [-0.15, -0.1) is 0 Å². The molecule has 0 unspecified atom stereocenters. The lowest BCUT2D eigenvalue weighted by molar-refractivity contribution is 0.138. The first kappa shape index (κ1) is 17.7. The Kier molecular flexibility index (Phi) is 6.83. The van der Waals surface area contributed by atoms with Crippen molar-refractivity contribution in [2.75, 3.05) is 33.9 Å². The maximum absolute atomic E-state index is 5.28. The smallest absolute Gasteiger partial charge is 0.228 e. The van der Waals surface area contributed by atoms with E-state index >= 15 is 0 Å².